The zero-order valence-corrected chi connectivity index (χ0v) is 8.86. The van der Waals surface area contributed by atoms with Crippen LogP contribution in [0.15, 0.2) is 18.2 Å². The second kappa shape index (κ2) is 3.64. The molecule has 0 aliphatic heterocycles. The molecular formula is C11H13ClN2. The van der Waals surface area contributed by atoms with Gasteiger partial charge in [-0.05, 0) is 37.6 Å². The lowest BCUT2D eigenvalue weighted by Crippen LogP contribution is -2.02. The van der Waals surface area contributed by atoms with Crippen LogP contribution in [0.25, 0.3) is 10.9 Å². The second-order valence-corrected chi connectivity index (χ2v) is 3.88. The molecule has 0 amide bonds. The van der Waals surface area contributed by atoms with Crippen LogP contribution >= 0.6 is 11.6 Å². The number of H-pyrrole nitrogens is 1. The summed E-state index contributed by atoms with van der Waals surface area (Å²) >= 11 is 6.09. The van der Waals surface area contributed by atoms with E-state index in [1.54, 1.807) is 0 Å². The minimum atomic E-state index is 0.626. The molecule has 1 heterocycles. The van der Waals surface area contributed by atoms with Crippen LogP contribution in [0.1, 0.15) is 11.1 Å². The molecule has 3 heteroatoms. The Labute approximate surface area is 88.1 Å². The molecule has 0 radical (unpaired) electrons. The Morgan fingerprint density at radius 3 is 2.93 bits per heavy atom. The molecule has 0 atom stereocenters. The van der Waals surface area contributed by atoms with Gasteiger partial charge in [-0.2, -0.15) is 0 Å². The first-order chi connectivity index (χ1) is 6.72. The highest BCUT2D eigenvalue weighted by atomic mass is 35.5. The van der Waals surface area contributed by atoms with Crippen LogP contribution in [0.2, 0.25) is 5.15 Å². The lowest BCUT2D eigenvalue weighted by atomic mass is 10.1. The van der Waals surface area contributed by atoms with E-state index in [0.29, 0.717) is 6.54 Å². The van der Waals surface area contributed by atoms with Crippen LogP contribution in [0.5, 0.6) is 0 Å². The first kappa shape index (κ1) is 9.56. The third-order valence-electron chi connectivity index (χ3n) is 2.40. The number of nitrogens with one attached hydrogen (secondary N) is 1. The predicted molar refractivity (Wildman–Crippen MR) is 60.8 cm³/mol. The largest absolute Gasteiger partial charge is 0.345 e. The molecule has 0 aliphatic rings. The molecule has 0 saturated heterocycles. The number of aryl methyl sites for hydroxylation is 1. The van der Waals surface area contributed by atoms with Gasteiger partial charge >= 0.3 is 0 Å². The van der Waals surface area contributed by atoms with Gasteiger partial charge in [0.25, 0.3) is 0 Å². The predicted octanol–water partition coefficient (Wildman–Crippen LogP) is 2.63. The molecule has 2 rings (SSSR count). The third-order valence-corrected chi connectivity index (χ3v) is 2.73. The minimum Gasteiger partial charge on any atom is -0.345 e. The quantitative estimate of drug-likeness (QED) is 0.783. The monoisotopic (exact) mass is 208 g/mol. The molecule has 0 fully saturated rings. The van der Waals surface area contributed by atoms with Crippen molar-refractivity contribution in [2.75, 3.05) is 6.54 Å². The summed E-state index contributed by atoms with van der Waals surface area (Å²) in [5, 5.41) is 1.91. The second-order valence-electron chi connectivity index (χ2n) is 3.51. The maximum absolute atomic E-state index is 6.09. The Bertz CT molecular complexity index is 460. The Morgan fingerprint density at radius 2 is 2.21 bits per heavy atom. The zero-order chi connectivity index (χ0) is 10.1. The van der Waals surface area contributed by atoms with Crippen LogP contribution in [0, 0.1) is 6.92 Å². The topological polar surface area (TPSA) is 41.8 Å². The average Bonchev–Trinajstić information content (AvgIpc) is 2.45. The highest BCUT2D eigenvalue weighted by Crippen LogP contribution is 2.27. The highest BCUT2D eigenvalue weighted by Gasteiger charge is 2.08. The Balaban J connectivity index is 2.66. The van der Waals surface area contributed by atoms with Gasteiger partial charge < -0.3 is 10.7 Å². The summed E-state index contributed by atoms with van der Waals surface area (Å²) in [5.41, 5.74) is 9.01. The molecule has 0 spiro atoms. The summed E-state index contributed by atoms with van der Waals surface area (Å²) in [4.78, 5) is 3.15. The van der Waals surface area contributed by atoms with Gasteiger partial charge in [0.05, 0.1) is 0 Å². The molecule has 14 heavy (non-hydrogen) atoms. The number of halogens is 1. The average molecular weight is 209 g/mol. The van der Waals surface area contributed by atoms with Gasteiger partial charge in [0.15, 0.2) is 0 Å². The van der Waals surface area contributed by atoms with Gasteiger partial charge in [-0.25, -0.2) is 0 Å². The molecule has 0 saturated carbocycles. The molecule has 0 unspecified atom stereocenters. The maximum atomic E-state index is 6.09. The van der Waals surface area contributed by atoms with Crippen LogP contribution in [-0.2, 0) is 6.42 Å². The Hall–Kier alpha value is -0.990. The van der Waals surface area contributed by atoms with E-state index in [1.165, 1.54) is 10.9 Å². The van der Waals surface area contributed by atoms with Crippen LogP contribution in [-0.4, -0.2) is 11.5 Å². The number of aromatic amines is 1. The van der Waals surface area contributed by atoms with Crippen LogP contribution in [0.4, 0.5) is 0 Å². The van der Waals surface area contributed by atoms with E-state index in [4.69, 9.17) is 17.3 Å². The molecule has 1 aromatic carbocycles. The molecular weight excluding hydrogens is 196 g/mol. The first-order valence-corrected chi connectivity index (χ1v) is 5.07. The SMILES string of the molecule is Cc1ccc2[nH]c(Cl)c(CCN)c2c1. The molecule has 0 aliphatic carbocycles. The Kier molecular flexibility index (Phi) is 2.48. The van der Waals surface area contributed by atoms with Crippen molar-refractivity contribution >= 4 is 22.5 Å². The van der Waals surface area contributed by atoms with E-state index in [2.05, 4.69) is 30.1 Å². The summed E-state index contributed by atoms with van der Waals surface area (Å²) in [7, 11) is 0. The lowest BCUT2D eigenvalue weighted by Gasteiger charge is -1.97. The van der Waals surface area contributed by atoms with Gasteiger partial charge in [0, 0.05) is 10.9 Å². The van der Waals surface area contributed by atoms with E-state index in [-0.39, 0.29) is 0 Å². The van der Waals surface area contributed by atoms with Crippen LogP contribution in [0.3, 0.4) is 0 Å². The zero-order valence-electron chi connectivity index (χ0n) is 8.10. The number of fused-ring (bicyclic) bond motifs is 1. The summed E-state index contributed by atoms with van der Waals surface area (Å²) in [6.45, 7) is 2.70. The number of hydrogen-bond donors (Lipinski definition) is 2. The number of rotatable bonds is 2. The van der Waals surface area contributed by atoms with Crippen molar-refractivity contribution in [1.82, 2.24) is 4.98 Å². The molecule has 2 aromatic rings. The van der Waals surface area contributed by atoms with Crippen molar-refractivity contribution in [3.05, 3.63) is 34.5 Å². The summed E-state index contributed by atoms with van der Waals surface area (Å²) in [5.74, 6) is 0. The van der Waals surface area contributed by atoms with E-state index in [1.807, 2.05) is 0 Å². The van der Waals surface area contributed by atoms with E-state index in [9.17, 15) is 0 Å². The van der Waals surface area contributed by atoms with Crippen molar-refractivity contribution in [1.29, 1.82) is 0 Å². The van der Waals surface area contributed by atoms with E-state index >= 15 is 0 Å². The summed E-state index contributed by atoms with van der Waals surface area (Å²) in [6, 6.07) is 6.26. The van der Waals surface area contributed by atoms with Gasteiger partial charge in [0.1, 0.15) is 5.15 Å². The number of aromatic nitrogens is 1. The van der Waals surface area contributed by atoms with Gasteiger partial charge in [0.2, 0.25) is 0 Å². The smallest absolute Gasteiger partial charge is 0.110 e. The highest BCUT2D eigenvalue weighted by molar-refractivity contribution is 6.31. The van der Waals surface area contributed by atoms with Crippen molar-refractivity contribution in [3.63, 3.8) is 0 Å². The molecule has 3 N–H and O–H groups in total. The normalized spacial score (nSPS) is 11.1. The van der Waals surface area contributed by atoms with E-state index in [0.717, 1.165) is 22.7 Å². The van der Waals surface area contributed by atoms with Crippen molar-refractivity contribution in [3.8, 4) is 0 Å². The molecule has 1 aromatic heterocycles. The first-order valence-electron chi connectivity index (χ1n) is 4.69. The van der Waals surface area contributed by atoms with Crippen molar-refractivity contribution in [2.45, 2.75) is 13.3 Å². The van der Waals surface area contributed by atoms with Gasteiger partial charge in [-0.15, -0.1) is 0 Å². The molecule has 0 bridgehead atoms. The fourth-order valence-electron chi connectivity index (χ4n) is 1.72. The standard InChI is InChI=1S/C11H13ClN2/c1-7-2-3-10-9(6-7)8(4-5-13)11(12)14-10/h2-3,6,14H,4-5,13H2,1H3. The summed E-state index contributed by atoms with van der Waals surface area (Å²) in [6.07, 6.45) is 0.822. The minimum absolute atomic E-state index is 0.626. The third kappa shape index (κ3) is 1.51. The number of benzene rings is 1. The Morgan fingerprint density at radius 1 is 1.43 bits per heavy atom. The molecule has 2 nitrogen and oxygen atoms in total. The van der Waals surface area contributed by atoms with Crippen LogP contribution < -0.4 is 5.73 Å². The summed E-state index contributed by atoms with van der Waals surface area (Å²) < 4.78 is 0. The van der Waals surface area contributed by atoms with Gasteiger partial charge in [-0.1, -0.05) is 23.2 Å². The van der Waals surface area contributed by atoms with Crippen molar-refractivity contribution in [2.24, 2.45) is 5.73 Å². The number of nitrogens with two attached hydrogens (primary N) is 1. The van der Waals surface area contributed by atoms with Crippen molar-refractivity contribution < 1.29 is 0 Å². The maximum Gasteiger partial charge on any atom is 0.110 e. The molecule has 74 valence electrons. The van der Waals surface area contributed by atoms with Gasteiger partial charge in [-0.3, -0.25) is 0 Å². The fraction of sp³-hybridized carbons (Fsp3) is 0.273. The van der Waals surface area contributed by atoms with E-state index < -0.39 is 0 Å². The lowest BCUT2D eigenvalue weighted by molar-refractivity contribution is 0.976. The number of hydrogen-bond acceptors (Lipinski definition) is 1. The fourth-order valence-corrected chi connectivity index (χ4v) is 2.02.